The van der Waals surface area contributed by atoms with E-state index in [4.69, 9.17) is 9.47 Å². The van der Waals surface area contributed by atoms with E-state index in [1.54, 1.807) is 43.5 Å². The largest absolute Gasteiger partial charge is 0.497 e. The maximum absolute atomic E-state index is 13.1. The first-order valence-corrected chi connectivity index (χ1v) is 7.18. The third kappa shape index (κ3) is 4.85. The summed E-state index contributed by atoms with van der Waals surface area (Å²) < 4.78 is 23.7. The highest BCUT2D eigenvalue weighted by atomic mass is 19.1. The molecule has 0 saturated heterocycles. The second kappa shape index (κ2) is 7.98. The number of carbonyl (C=O) groups is 1. The lowest BCUT2D eigenvalue weighted by Crippen LogP contribution is -2.09. The smallest absolute Gasteiger partial charge is 0.248 e. The van der Waals surface area contributed by atoms with Gasteiger partial charge in [-0.2, -0.15) is 0 Å². The van der Waals surface area contributed by atoms with Crippen molar-refractivity contribution < 1.29 is 18.7 Å². The topological polar surface area (TPSA) is 47.6 Å². The van der Waals surface area contributed by atoms with Gasteiger partial charge < -0.3 is 14.8 Å². The summed E-state index contributed by atoms with van der Waals surface area (Å²) in [5, 5.41) is 2.73. The highest BCUT2D eigenvalue weighted by Crippen LogP contribution is 2.29. The van der Waals surface area contributed by atoms with Crippen molar-refractivity contribution in [2.75, 3.05) is 19.0 Å². The number of carbonyl (C=O) groups excluding carboxylic acids is 1. The van der Waals surface area contributed by atoms with Crippen LogP contribution in [-0.4, -0.2) is 19.6 Å². The van der Waals surface area contributed by atoms with Gasteiger partial charge >= 0.3 is 0 Å². The van der Waals surface area contributed by atoms with Gasteiger partial charge in [-0.05, 0) is 42.8 Å². The molecule has 0 fully saturated rings. The molecule has 0 aliphatic rings. The third-order valence-corrected chi connectivity index (χ3v) is 3.02. The number of methoxy groups -OCH3 is 1. The van der Waals surface area contributed by atoms with Crippen LogP contribution in [0.25, 0.3) is 6.08 Å². The SMILES string of the molecule is CCOc1ccc(OC)cc1NC(=O)/C=C/c1cccc(F)c1. The van der Waals surface area contributed by atoms with E-state index in [1.165, 1.54) is 18.2 Å². The molecule has 0 saturated carbocycles. The fourth-order valence-corrected chi connectivity index (χ4v) is 1.97. The Hall–Kier alpha value is -2.82. The quantitative estimate of drug-likeness (QED) is 0.823. The Morgan fingerprint density at radius 1 is 1.26 bits per heavy atom. The second-order valence-corrected chi connectivity index (χ2v) is 4.67. The molecule has 120 valence electrons. The van der Waals surface area contributed by atoms with Crippen molar-refractivity contribution in [3.63, 3.8) is 0 Å². The van der Waals surface area contributed by atoms with Gasteiger partial charge in [0.2, 0.25) is 5.91 Å². The molecule has 1 N–H and O–H groups in total. The van der Waals surface area contributed by atoms with E-state index in [0.717, 1.165) is 0 Å². The van der Waals surface area contributed by atoms with E-state index in [9.17, 15) is 9.18 Å². The molecule has 0 aliphatic heterocycles. The Labute approximate surface area is 134 Å². The number of amides is 1. The third-order valence-electron chi connectivity index (χ3n) is 3.02. The Balaban J connectivity index is 2.12. The van der Waals surface area contributed by atoms with E-state index in [0.29, 0.717) is 29.4 Å². The number of hydrogen-bond acceptors (Lipinski definition) is 3. The summed E-state index contributed by atoms with van der Waals surface area (Å²) in [4.78, 5) is 12.0. The van der Waals surface area contributed by atoms with Crippen LogP contribution in [0.15, 0.2) is 48.5 Å². The molecule has 2 aromatic carbocycles. The highest BCUT2D eigenvalue weighted by molar-refractivity contribution is 6.02. The van der Waals surface area contributed by atoms with Crippen LogP contribution in [0, 0.1) is 5.82 Å². The van der Waals surface area contributed by atoms with Gasteiger partial charge in [-0.1, -0.05) is 12.1 Å². The van der Waals surface area contributed by atoms with E-state index in [1.807, 2.05) is 6.92 Å². The van der Waals surface area contributed by atoms with Crippen molar-refractivity contribution in [2.24, 2.45) is 0 Å². The molecule has 0 bridgehead atoms. The zero-order valence-corrected chi connectivity index (χ0v) is 13.0. The van der Waals surface area contributed by atoms with Gasteiger partial charge in [-0.25, -0.2) is 4.39 Å². The molecule has 23 heavy (non-hydrogen) atoms. The van der Waals surface area contributed by atoms with Gasteiger partial charge in [0.05, 0.1) is 19.4 Å². The maximum Gasteiger partial charge on any atom is 0.248 e. The molecule has 0 radical (unpaired) electrons. The molecule has 1 amide bonds. The van der Waals surface area contributed by atoms with Crippen molar-refractivity contribution in [1.82, 2.24) is 0 Å². The number of hydrogen-bond donors (Lipinski definition) is 1. The zero-order valence-electron chi connectivity index (χ0n) is 13.0. The average Bonchev–Trinajstić information content (AvgIpc) is 2.55. The van der Waals surface area contributed by atoms with Crippen molar-refractivity contribution in [1.29, 1.82) is 0 Å². The van der Waals surface area contributed by atoms with Gasteiger partial charge in [0.15, 0.2) is 0 Å². The molecule has 0 aliphatic carbocycles. The summed E-state index contributed by atoms with van der Waals surface area (Å²) in [5.41, 5.74) is 1.12. The molecule has 0 atom stereocenters. The number of nitrogens with one attached hydrogen (secondary N) is 1. The molecule has 2 rings (SSSR count). The maximum atomic E-state index is 13.1. The van der Waals surface area contributed by atoms with Crippen LogP contribution in [-0.2, 0) is 4.79 Å². The first-order chi connectivity index (χ1) is 11.1. The molecule has 0 aromatic heterocycles. The molecule has 0 unspecified atom stereocenters. The lowest BCUT2D eigenvalue weighted by Gasteiger charge is -2.12. The Morgan fingerprint density at radius 2 is 2.09 bits per heavy atom. The minimum absolute atomic E-state index is 0.344. The molecule has 0 spiro atoms. The standard InChI is InChI=1S/C18H18FNO3/c1-3-23-17-9-8-15(22-2)12-16(17)20-18(21)10-7-13-5-4-6-14(19)11-13/h4-12H,3H2,1-2H3,(H,20,21)/b10-7+. The summed E-state index contributed by atoms with van der Waals surface area (Å²) >= 11 is 0. The minimum Gasteiger partial charge on any atom is -0.497 e. The van der Waals surface area contributed by atoms with Gasteiger partial charge in [-0.15, -0.1) is 0 Å². The first kappa shape index (κ1) is 16.5. The summed E-state index contributed by atoms with van der Waals surface area (Å²) in [6, 6.07) is 11.2. The fraction of sp³-hybridized carbons (Fsp3) is 0.167. The molecular formula is C18H18FNO3. The predicted octanol–water partition coefficient (Wildman–Crippen LogP) is 3.88. The molecule has 0 heterocycles. The molecule has 5 heteroatoms. The van der Waals surface area contributed by atoms with Crippen molar-refractivity contribution in [2.45, 2.75) is 6.92 Å². The first-order valence-electron chi connectivity index (χ1n) is 7.18. The van der Waals surface area contributed by atoms with E-state index < -0.39 is 0 Å². The number of anilines is 1. The molecule has 4 nitrogen and oxygen atoms in total. The normalized spacial score (nSPS) is 10.6. The van der Waals surface area contributed by atoms with Crippen LogP contribution in [0.4, 0.5) is 10.1 Å². The summed E-state index contributed by atoms with van der Waals surface area (Å²) in [6.07, 6.45) is 2.88. The minimum atomic E-state index is -0.348. The lowest BCUT2D eigenvalue weighted by molar-refractivity contribution is -0.111. The van der Waals surface area contributed by atoms with Gasteiger partial charge in [0, 0.05) is 12.1 Å². The second-order valence-electron chi connectivity index (χ2n) is 4.67. The Morgan fingerprint density at radius 3 is 2.78 bits per heavy atom. The predicted molar refractivity (Wildman–Crippen MR) is 88.2 cm³/mol. The van der Waals surface area contributed by atoms with Gasteiger partial charge in [-0.3, -0.25) is 4.79 Å². The number of benzene rings is 2. The molecule has 2 aromatic rings. The fourth-order valence-electron chi connectivity index (χ4n) is 1.97. The molecular weight excluding hydrogens is 297 g/mol. The van der Waals surface area contributed by atoms with Crippen molar-refractivity contribution in [3.8, 4) is 11.5 Å². The number of rotatable bonds is 6. The van der Waals surface area contributed by atoms with Gasteiger partial charge in [0.1, 0.15) is 17.3 Å². The Bertz CT molecular complexity index is 713. The van der Waals surface area contributed by atoms with Gasteiger partial charge in [0.25, 0.3) is 0 Å². The van der Waals surface area contributed by atoms with E-state index in [-0.39, 0.29) is 11.7 Å². The van der Waals surface area contributed by atoms with Crippen LogP contribution in [0.5, 0.6) is 11.5 Å². The van der Waals surface area contributed by atoms with Crippen molar-refractivity contribution in [3.05, 3.63) is 59.9 Å². The monoisotopic (exact) mass is 315 g/mol. The summed E-state index contributed by atoms with van der Waals surface area (Å²) in [6.45, 7) is 2.34. The van der Waals surface area contributed by atoms with Crippen LogP contribution < -0.4 is 14.8 Å². The number of halogens is 1. The lowest BCUT2D eigenvalue weighted by atomic mass is 10.2. The van der Waals surface area contributed by atoms with Crippen LogP contribution in [0.2, 0.25) is 0 Å². The van der Waals surface area contributed by atoms with Crippen molar-refractivity contribution >= 4 is 17.7 Å². The Kier molecular flexibility index (Phi) is 5.74. The van der Waals surface area contributed by atoms with Crippen LogP contribution in [0.3, 0.4) is 0 Å². The van der Waals surface area contributed by atoms with Crippen LogP contribution >= 0.6 is 0 Å². The zero-order chi connectivity index (χ0) is 16.7. The summed E-state index contributed by atoms with van der Waals surface area (Å²) in [7, 11) is 1.55. The highest BCUT2D eigenvalue weighted by Gasteiger charge is 2.08. The van der Waals surface area contributed by atoms with Crippen LogP contribution in [0.1, 0.15) is 12.5 Å². The summed E-state index contributed by atoms with van der Waals surface area (Å²) in [5.74, 6) is 0.473. The number of ether oxygens (including phenoxy) is 2. The average molecular weight is 315 g/mol. The van der Waals surface area contributed by atoms with E-state index in [2.05, 4.69) is 5.32 Å². The van der Waals surface area contributed by atoms with E-state index >= 15 is 0 Å².